The van der Waals surface area contributed by atoms with Crippen LogP contribution in [0.4, 0.5) is 0 Å². The second kappa shape index (κ2) is 3.93. The summed E-state index contributed by atoms with van der Waals surface area (Å²) in [5.74, 6) is 0. The van der Waals surface area contributed by atoms with Crippen LogP contribution in [0.5, 0.6) is 0 Å². The van der Waals surface area contributed by atoms with Crippen LogP contribution >= 0.6 is 15.9 Å². The van der Waals surface area contributed by atoms with Gasteiger partial charge in [-0.2, -0.15) is 0 Å². The number of rotatable bonds is 0. The van der Waals surface area contributed by atoms with Crippen LogP contribution < -0.4 is 5.43 Å². The highest BCUT2D eigenvalue weighted by Gasteiger charge is 2.04. The summed E-state index contributed by atoms with van der Waals surface area (Å²) in [6, 6.07) is 13.0. The molecule has 0 aliphatic heterocycles. The molecule has 0 N–H and O–H groups in total. The number of halogens is 1. The first-order valence-corrected chi connectivity index (χ1v) is 6.03. The normalized spacial score (nSPS) is 10.9. The fourth-order valence-corrected chi connectivity index (χ4v) is 2.45. The Morgan fingerprint density at radius 2 is 1.71 bits per heavy atom. The summed E-state index contributed by atoms with van der Waals surface area (Å²) >= 11 is 3.47. The molecule has 0 saturated heterocycles. The van der Waals surface area contributed by atoms with Crippen molar-refractivity contribution in [2.45, 2.75) is 0 Å². The van der Waals surface area contributed by atoms with Gasteiger partial charge in [0.15, 0.2) is 5.43 Å². The molecule has 0 amide bonds. The highest BCUT2D eigenvalue weighted by atomic mass is 79.9. The molecule has 0 saturated carbocycles. The predicted molar refractivity (Wildman–Crippen MR) is 73.2 cm³/mol. The van der Waals surface area contributed by atoms with E-state index in [-0.39, 0.29) is 5.43 Å². The molecule has 0 atom stereocenters. The van der Waals surface area contributed by atoms with E-state index < -0.39 is 0 Å². The van der Waals surface area contributed by atoms with Crippen molar-refractivity contribution in [2.75, 3.05) is 0 Å². The van der Waals surface area contributed by atoms with Crippen molar-refractivity contribution in [2.24, 2.45) is 0 Å². The third-order valence-corrected chi connectivity index (χ3v) is 3.48. The summed E-state index contributed by atoms with van der Waals surface area (Å²) in [5.41, 5.74) is 0.745. The highest BCUT2D eigenvalue weighted by molar-refractivity contribution is 9.10. The monoisotopic (exact) mass is 285 g/mol. The molecule has 3 rings (SSSR count). The molecule has 3 heteroatoms. The third-order valence-electron chi connectivity index (χ3n) is 2.79. The van der Waals surface area contributed by atoms with E-state index in [1.165, 1.54) is 0 Å². The Hall–Kier alpha value is -1.74. The van der Waals surface area contributed by atoms with E-state index >= 15 is 0 Å². The lowest BCUT2D eigenvalue weighted by Crippen LogP contribution is -1.98. The van der Waals surface area contributed by atoms with Gasteiger partial charge in [-0.3, -0.25) is 9.78 Å². The quantitative estimate of drug-likeness (QED) is 0.633. The van der Waals surface area contributed by atoms with Crippen LogP contribution in [-0.4, -0.2) is 4.98 Å². The van der Waals surface area contributed by atoms with Gasteiger partial charge < -0.3 is 0 Å². The third kappa shape index (κ3) is 1.63. The molecule has 0 unspecified atom stereocenters. The van der Waals surface area contributed by atoms with Gasteiger partial charge in [0, 0.05) is 21.4 Å². The van der Waals surface area contributed by atoms with E-state index in [1.807, 2.05) is 36.4 Å². The number of hydrogen-bond acceptors (Lipinski definition) is 2. The second-order valence-electron chi connectivity index (χ2n) is 3.80. The van der Waals surface area contributed by atoms with E-state index in [9.17, 15) is 4.79 Å². The SMILES string of the molecule is O=c1c2cccnc2ccc2c(Br)cccc12. The van der Waals surface area contributed by atoms with Gasteiger partial charge in [-0.1, -0.05) is 34.1 Å². The largest absolute Gasteiger partial charge is 0.289 e. The molecule has 0 bridgehead atoms. The average Bonchev–Trinajstić information content (AvgIpc) is 2.50. The number of benzene rings is 1. The van der Waals surface area contributed by atoms with Crippen molar-refractivity contribution < 1.29 is 0 Å². The molecule has 82 valence electrons. The van der Waals surface area contributed by atoms with Crippen LogP contribution in [-0.2, 0) is 0 Å². The summed E-state index contributed by atoms with van der Waals surface area (Å²) in [6.07, 6.45) is 1.70. The summed E-state index contributed by atoms with van der Waals surface area (Å²) in [7, 11) is 0. The Labute approximate surface area is 106 Å². The minimum Gasteiger partial charge on any atom is -0.289 e. The maximum Gasteiger partial charge on any atom is 0.195 e. The fraction of sp³-hybridized carbons (Fsp3) is 0. The topological polar surface area (TPSA) is 30.0 Å². The van der Waals surface area contributed by atoms with E-state index in [4.69, 9.17) is 0 Å². The van der Waals surface area contributed by atoms with Gasteiger partial charge in [0.1, 0.15) is 0 Å². The predicted octanol–water partition coefficient (Wildman–Crippen LogP) is 3.51. The number of fused-ring (bicyclic) bond motifs is 2. The molecule has 0 spiro atoms. The summed E-state index contributed by atoms with van der Waals surface area (Å²) in [5, 5.41) is 2.28. The van der Waals surface area contributed by atoms with Gasteiger partial charge in [-0.25, -0.2) is 0 Å². The molecule has 2 aromatic carbocycles. The Bertz CT molecular complexity index is 783. The standard InChI is InChI=1S/C14H8BrNO/c15-12-5-1-3-10-9(12)6-7-13-11(14(10)17)4-2-8-16-13/h1-8H. The van der Waals surface area contributed by atoms with Gasteiger partial charge in [0.2, 0.25) is 0 Å². The van der Waals surface area contributed by atoms with Crippen molar-refractivity contribution in [3.05, 3.63) is 63.4 Å². The second-order valence-corrected chi connectivity index (χ2v) is 4.65. The summed E-state index contributed by atoms with van der Waals surface area (Å²) < 4.78 is 0.924. The van der Waals surface area contributed by atoms with Crippen LogP contribution in [0.2, 0.25) is 0 Å². The maximum atomic E-state index is 12.4. The zero-order valence-electron chi connectivity index (χ0n) is 8.85. The summed E-state index contributed by atoms with van der Waals surface area (Å²) in [4.78, 5) is 16.6. The van der Waals surface area contributed by atoms with Crippen molar-refractivity contribution in [3.63, 3.8) is 0 Å². The Balaban J connectivity index is 2.69. The number of aromatic nitrogens is 1. The number of pyridine rings is 1. The minimum atomic E-state index is 0.0226. The van der Waals surface area contributed by atoms with Crippen molar-refractivity contribution >= 4 is 37.6 Å². The molecule has 17 heavy (non-hydrogen) atoms. The lowest BCUT2D eigenvalue weighted by molar-refractivity contribution is 1.42. The molecule has 1 aromatic heterocycles. The molecule has 0 radical (unpaired) electrons. The first kappa shape index (κ1) is 10.4. The highest BCUT2D eigenvalue weighted by Crippen LogP contribution is 2.22. The average molecular weight is 286 g/mol. The minimum absolute atomic E-state index is 0.0226. The molecular weight excluding hydrogens is 278 g/mol. The van der Waals surface area contributed by atoms with Crippen LogP contribution in [0.3, 0.4) is 0 Å². The molecule has 2 nitrogen and oxygen atoms in total. The van der Waals surface area contributed by atoms with E-state index in [0.717, 1.165) is 15.4 Å². The zero-order valence-corrected chi connectivity index (χ0v) is 10.4. The van der Waals surface area contributed by atoms with Gasteiger partial charge >= 0.3 is 0 Å². The van der Waals surface area contributed by atoms with Crippen LogP contribution in [0.1, 0.15) is 0 Å². The van der Waals surface area contributed by atoms with Crippen LogP contribution in [0, 0.1) is 0 Å². The lowest BCUT2D eigenvalue weighted by atomic mass is 10.2. The first-order chi connectivity index (χ1) is 8.27. The molecule has 1 heterocycles. The fourth-order valence-electron chi connectivity index (χ4n) is 1.95. The summed E-state index contributed by atoms with van der Waals surface area (Å²) in [6.45, 7) is 0. The Morgan fingerprint density at radius 1 is 0.882 bits per heavy atom. The number of nitrogens with zero attached hydrogens (tertiary/aromatic N) is 1. The maximum absolute atomic E-state index is 12.4. The Morgan fingerprint density at radius 3 is 2.59 bits per heavy atom. The van der Waals surface area contributed by atoms with Gasteiger partial charge in [-0.05, 0) is 29.7 Å². The van der Waals surface area contributed by atoms with E-state index in [1.54, 1.807) is 12.3 Å². The molecule has 0 aliphatic rings. The molecule has 3 aromatic rings. The zero-order chi connectivity index (χ0) is 11.8. The van der Waals surface area contributed by atoms with Crippen molar-refractivity contribution in [3.8, 4) is 0 Å². The first-order valence-electron chi connectivity index (χ1n) is 5.23. The molecule has 0 aliphatic carbocycles. The smallest absolute Gasteiger partial charge is 0.195 e. The van der Waals surface area contributed by atoms with Crippen molar-refractivity contribution in [1.82, 2.24) is 4.98 Å². The van der Waals surface area contributed by atoms with Crippen LogP contribution in [0.15, 0.2) is 57.9 Å². The molecular formula is C14H8BrNO. The van der Waals surface area contributed by atoms with E-state index in [0.29, 0.717) is 10.8 Å². The van der Waals surface area contributed by atoms with Crippen molar-refractivity contribution in [1.29, 1.82) is 0 Å². The van der Waals surface area contributed by atoms with E-state index in [2.05, 4.69) is 20.9 Å². The van der Waals surface area contributed by atoms with Gasteiger partial charge in [0.05, 0.1) is 5.52 Å². The lowest BCUT2D eigenvalue weighted by Gasteiger charge is -1.94. The molecule has 0 fully saturated rings. The van der Waals surface area contributed by atoms with Gasteiger partial charge in [0.25, 0.3) is 0 Å². The van der Waals surface area contributed by atoms with Gasteiger partial charge in [-0.15, -0.1) is 0 Å². The number of hydrogen-bond donors (Lipinski definition) is 0. The Kier molecular flexibility index (Phi) is 2.41. The van der Waals surface area contributed by atoms with Crippen LogP contribution in [0.25, 0.3) is 21.7 Å².